The van der Waals surface area contributed by atoms with Gasteiger partial charge in [-0.3, -0.25) is 14.2 Å². The molecule has 4 aromatic rings. The van der Waals surface area contributed by atoms with Crippen molar-refractivity contribution in [2.24, 2.45) is 5.92 Å². The molecule has 0 bridgehead atoms. The van der Waals surface area contributed by atoms with E-state index in [1.54, 1.807) is 4.57 Å². The molecule has 4 rings (SSSR count). The number of halogens is 3. The van der Waals surface area contributed by atoms with Crippen LogP contribution in [0.4, 0.5) is 18.9 Å². The van der Waals surface area contributed by atoms with Crippen molar-refractivity contribution < 1.29 is 18.0 Å². The fraction of sp³-hybridized carbons (Fsp3) is 0.280. The Kier molecular flexibility index (Phi) is 6.82. The lowest BCUT2D eigenvalue weighted by Crippen LogP contribution is -2.43. The molecular weight excluding hydrogens is 475 g/mol. The molecule has 0 spiro atoms. The molecule has 2 aromatic carbocycles. The van der Waals surface area contributed by atoms with Gasteiger partial charge in [-0.05, 0) is 29.7 Å². The van der Waals surface area contributed by atoms with E-state index in [-0.39, 0.29) is 29.3 Å². The molecule has 36 heavy (non-hydrogen) atoms. The number of amides is 1. The van der Waals surface area contributed by atoms with E-state index in [1.165, 1.54) is 17.0 Å². The van der Waals surface area contributed by atoms with E-state index < -0.39 is 35.4 Å². The molecule has 2 aromatic heterocycles. The Morgan fingerprint density at radius 1 is 1.03 bits per heavy atom. The van der Waals surface area contributed by atoms with Crippen LogP contribution in [0.2, 0.25) is 0 Å². The van der Waals surface area contributed by atoms with Crippen molar-refractivity contribution in [3.05, 3.63) is 92.9 Å². The summed E-state index contributed by atoms with van der Waals surface area (Å²) < 4.78 is 42.8. The largest absolute Gasteiger partial charge is 0.416 e. The first-order chi connectivity index (χ1) is 17.0. The minimum absolute atomic E-state index is 0.0987. The summed E-state index contributed by atoms with van der Waals surface area (Å²) in [7, 11) is 0. The van der Waals surface area contributed by atoms with Gasteiger partial charge in [0.05, 0.1) is 18.4 Å². The lowest BCUT2D eigenvalue weighted by Gasteiger charge is -2.14. The first kappa shape index (κ1) is 25.0. The van der Waals surface area contributed by atoms with Gasteiger partial charge in [-0.2, -0.15) is 13.2 Å². The maximum Gasteiger partial charge on any atom is 0.416 e. The van der Waals surface area contributed by atoms with Gasteiger partial charge in [-0.15, -0.1) is 0 Å². The van der Waals surface area contributed by atoms with E-state index in [1.807, 2.05) is 44.2 Å². The molecule has 0 atom stereocenters. The number of aromatic nitrogens is 4. The third-order valence-corrected chi connectivity index (χ3v) is 5.50. The molecule has 2 heterocycles. The lowest BCUT2D eigenvalue weighted by atomic mass is 10.2. The van der Waals surface area contributed by atoms with E-state index in [0.717, 1.165) is 28.3 Å². The molecule has 0 radical (unpaired) electrons. The molecule has 1 amide bonds. The smallest absolute Gasteiger partial charge is 0.325 e. The Hall–Kier alpha value is -4.15. The van der Waals surface area contributed by atoms with Crippen molar-refractivity contribution in [3.8, 4) is 0 Å². The Morgan fingerprint density at radius 3 is 2.42 bits per heavy atom. The van der Waals surface area contributed by atoms with Gasteiger partial charge < -0.3 is 9.88 Å². The van der Waals surface area contributed by atoms with Crippen LogP contribution >= 0.6 is 0 Å². The minimum atomic E-state index is -4.58. The standard InChI is InChI=1S/C25H24F3N5O3/c1-16(2)12-31-15-29-22-21(31)23(35)33(24(36)32(22)13-17-7-4-3-5-8-17)14-20(34)30-19-10-6-9-18(11-19)25(26,27)28/h3-11,15-16H,12-14H2,1-2H3,(H,30,34). The zero-order valence-electron chi connectivity index (χ0n) is 19.6. The number of fused-ring (bicyclic) bond motifs is 1. The van der Waals surface area contributed by atoms with Crippen molar-refractivity contribution in [2.75, 3.05) is 5.32 Å². The second-order valence-electron chi connectivity index (χ2n) is 8.84. The van der Waals surface area contributed by atoms with E-state index in [2.05, 4.69) is 10.3 Å². The Morgan fingerprint density at radius 2 is 1.75 bits per heavy atom. The van der Waals surface area contributed by atoms with Crippen LogP contribution in [0.15, 0.2) is 70.5 Å². The lowest BCUT2D eigenvalue weighted by molar-refractivity contribution is -0.137. The highest BCUT2D eigenvalue weighted by Crippen LogP contribution is 2.30. The fourth-order valence-corrected chi connectivity index (χ4v) is 3.94. The molecule has 0 fully saturated rings. The van der Waals surface area contributed by atoms with Gasteiger partial charge in [0.15, 0.2) is 11.2 Å². The number of imidazole rings is 1. The highest BCUT2D eigenvalue weighted by atomic mass is 19.4. The summed E-state index contributed by atoms with van der Waals surface area (Å²) in [4.78, 5) is 43.8. The maximum absolute atomic E-state index is 13.4. The van der Waals surface area contributed by atoms with Gasteiger partial charge in [-0.1, -0.05) is 50.2 Å². The first-order valence-electron chi connectivity index (χ1n) is 11.2. The number of carbonyl (C=O) groups excluding carboxylic acids is 1. The molecule has 0 aliphatic heterocycles. The molecule has 1 N–H and O–H groups in total. The monoisotopic (exact) mass is 499 g/mol. The number of rotatable bonds is 7. The second-order valence-corrected chi connectivity index (χ2v) is 8.84. The van der Waals surface area contributed by atoms with Crippen molar-refractivity contribution in [1.82, 2.24) is 18.7 Å². The number of hydrogen-bond acceptors (Lipinski definition) is 4. The summed E-state index contributed by atoms with van der Waals surface area (Å²) >= 11 is 0. The zero-order valence-corrected chi connectivity index (χ0v) is 19.6. The molecule has 8 nitrogen and oxygen atoms in total. The van der Waals surface area contributed by atoms with Gasteiger partial charge in [0.25, 0.3) is 5.56 Å². The molecule has 0 aliphatic rings. The van der Waals surface area contributed by atoms with Gasteiger partial charge in [0.1, 0.15) is 6.54 Å². The number of alkyl halides is 3. The summed E-state index contributed by atoms with van der Waals surface area (Å²) in [6.07, 6.45) is -3.09. The highest BCUT2D eigenvalue weighted by molar-refractivity contribution is 5.90. The van der Waals surface area contributed by atoms with E-state index in [9.17, 15) is 27.6 Å². The van der Waals surface area contributed by atoms with Crippen LogP contribution in [0.5, 0.6) is 0 Å². The first-order valence-corrected chi connectivity index (χ1v) is 11.2. The molecule has 0 saturated heterocycles. The number of benzene rings is 2. The maximum atomic E-state index is 13.4. The fourth-order valence-electron chi connectivity index (χ4n) is 3.94. The summed E-state index contributed by atoms with van der Waals surface area (Å²) in [5, 5.41) is 2.35. The molecular formula is C25H24F3N5O3. The molecule has 11 heteroatoms. The number of nitrogens with one attached hydrogen (secondary N) is 1. The van der Waals surface area contributed by atoms with Crippen LogP contribution in [0, 0.1) is 5.92 Å². The van der Waals surface area contributed by atoms with Crippen molar-refractivity contribution >= 4 is 22.8 Å². The summed E-state index contributed by atoms with van der Waals surface area (Å²) in [6.45, 7) is 3.83. The van der Waals surface area contributed by atoms with E-state index in [0.29, 0.717) is 6.54 Å². The Labute approximate surface area is 203 Å². The highest BCUT2D eigenvalue weighted by Gasteiger charge is 2.30. The predicted octanol–water partition coefficient (Wildman–Crippen LogP) is 3.72. The quantitative estimate of drug-likeness (QED) is 0.420. The van der Waals surface area contributed by atoms with Crippen molar-refractivity contribution in [3.63, 3.8) is 0 Å². The number of hydrogen-bond donors (Lipinski definition) is 1. The third kappa shape index (κ3) is 5.24. The van der Waals surface area contributed by atoms with Crippen LogP contribution < -0.4 is 16.6 Å². The summed E-state index contributed by atoms with van der Waals surface area (Å²) in [5.41, 5.74) is -1.31. The number of carbonyl (C=O) groups is 1. The Balaban J connectivity index is 1.75. The summed E-state index contributed by atoms with van der Waals surface area (Å²) in [5.74, 6) is -0.636. The summed E-state index contributed by atoms with van der Waals surface area (Å²) in [6, 6.07) is 13.2. The third-order valence-electron chi connectivity index (χ3n) is 5.50. The number of anilines is 1. The van der Waals surface area contributed by atoms with Gasteiger partial charge >= 0.3 is 11.9 Å². The van der Waals surface area contributed by atoms with Crippen LogP contribution in [0.25, 0.3) is 11.2 Å². The average molecular weight is 499 g/mol. The Bertz CT molecular complexity index is 1520. The molecule has 188 valence electrons. The van der Waals surface area contributed by atoms with Gasteiger partial charge in [0, 0.05) is 12.2 Å². The van der Waals surface area contributed by atoms with Crippen molar-refractivity contribution in [2.45, 2.75) is 39.7 Å². The second kappa shape index (κ2) is 9.84. The van der Waals surface area contributed by atoms with Crippen LogP contribution in [0.3, 0.4) is 0 Å². The van der Waals surface area contributed by atoms with Crippen LogP contribution in [0.1, 0.15) is 25.0 Å². The SMILES string of the molecule is CC(C)Cn1cnc2c1c(=O)n(CC(=O)Nc1cccc(C(F)(F)F)c1)c(=O)n2Cc1ccccc1. The zero-order chi connectivity index (χ0) is 26.0. The van der Waals surface area contributed by atoms with E-state index in [4.69, 9.17) is 0 Å². The minimum Gasteiger partial charge on any atom is -0.325 e. The number of nitrogens with zero attached hydrogens (tertiary/aromatic N) is 4. The predicted molar refractivity (Wildman–Crippen MR) is 129 cm³/mol. The topological polar surface area (TPSA) is 90.9 Å². The molecule has 0 saturated carbocycles. The molecule has 0 unspecified atom stereocenters. The van der Waals surface area contributed by atoms with E-state index >= 15 is 0 Å². The van der Waals surface area contributed by atoms with Gasteiger partial charge in [-0.25, -0.2) is 14.3 Å². The normalized spacial score (nSPS) is 11.8. The molecule has 0 aliphatic carbocycles. The van der Waals surface area contributed by atoms with Crippen LogP contribution in [-0.2, 0) is 30.6 Å². The van der Waals surface area contributed by atoms with Crippen LogP contribution in [-0.4, -0.2) is 24.6 Å². The van der Waals surface area contributed by atoms with Crippen molar-refractivity contribution in [1.29, 1.82) is 0 Å². The average Bonchev–Trinajstić information content (AvgIpc) is 3.22. The van der Waals surface area contributed by atoms with Gasteiger partial charge in [0.2, 0.25) is 5.91 Å².